The number of hydrogen-bond acceptors (Lipinski definition) is 4. The summed E-state index contributed by atoms with van der Waals surface area (Å²) in [4.78, 5) is 13.0. The molecule has 0 saturated heterocycles. The fourth-order valence-electron chi connectivity index (χ4n) is 2.75. The van der Waals surface area contributed by atoms with E-state index in [4.69, 9.17) is 0 Å². The fourth-order valence-corrected chi connectivity index (χ4v) is 3.61. The van der Waals surface area contributed by atoms with Crippen LogP contribution in [0.1, 0.15) is 5.56 Å². The maximum atomic E-state index is 11.3. The first kappa shape index (κ1) is 17.4. The molecule has 0 aliphatic heterocycles. The van der Waals surface area contributed by atoms with Crippen LogP contribution in [0, 0.1) is 6.92 Å². The Morgan fingerprint density at radius 3 is 2.44 bits per heavy atom. The van der Waals surface area contributed by atoms with Gasteiger partial charge in [-0.3, -0.25) is 14.4 Å². The molecule has 0 radical (unpaired) electrons. The first-order valence-electron chi connectivity index (χ1n) is 8.01. The molecule has 1 N–H and O–H groups in total. The van der Waals surface area contributed by atoms with E-state index >= 15 is 0 Å². The molecule has 130 valence electrons. The summed E-state index contributed by atoms with van der Waals surface area (Å²) in [7, 11) is 3.52. The summed E-state index contributed by atoms with van der Waals surface area (Å²) >= 11 is 1.71. The molecule has 5 nitrogen and oxygen atoms in total. The zero-order valence-electron chi connectivity index (χ0n) is 14.5. The Labute approximate surface area is 151 Å². The first-order valence-corrected chi connectivity index (χ1v) is 8.95. The van der Waals surface area contributed by atoms with Crippen LogP contribution in [0.25, 0.3) is 22.3 Å². The Morgan fingerprint density at radius 1 is 1.20 bits per heavy atom. The van der Waals surface area contributed by atoms with E-state index in [0.717, 1.165) is 11.1 Å². The van der Waals surface area contributed by atoms with Gasteiger partial charge in [-0.2, -0.15) is 16.4 Å². The van der Waals surface area contributed by atoms with Crippen molar-refractivity contribution in [2.75, 3.05) is 14.1 Å². The molecule has 0 aliphatic carbocycles. The number of carbonyl (C=O) groups is 1. The minimum Gasteiger partial charge on any atom is -0.480 e. The quantitative estimate of drug-likeness (QED) is 0.734. The monoisotopic (exact) mass is 355 g/mol. The molecule has 0 fully saturated rings. The molecule has 2 heterocycles. The van der Waals surface area contributed by atoms with Gasteiger partial charge in [-0.15, -0.1) is 0 Å². The van der Waals surface area contributed by atoms with Crippen LogP contribution in [0.15, 0.2) is 47.4 Å². The molecule has 2 aromatic heterocycles. The molecule has 0 bridgehead atoms. The smallest absolute Gasteiger partial charge is 0.322 e. The van der Waals surface area contributed by atoms with Gasteiger partial charge in [-0.1, -0.05) is 24.3 Å². The number of aromatic nitrogens is 2. The minimum atomic E-state index is -0.850. The predicted molar refractivity (Wildman–Crippen MR) is 101 cm³/mol. The second-order valence-electron chi connectivity index (χ2n) is 6.31. The third kappa shape index (κ3) is 3.81. The lowest BCUT2D eigenvalue weighted by Gasteiger charge is -2.19. The Hall–Kier alpha value is -2.44. The van der Waals surface area contributed by atoms with E-state index in [1.807, 2.05) is 6.20 Å². The number of rotatable bonds is 6. The molecular weight excluding hydrogens is 334 g/mol. The van der Waals surface area contributed by atoms with Gasteiger partial charge in [0.2, 0.25) is 0 Å². The topological polar surface area (TPSA) is 58.4 Å². The number of thiophene rings is 1. The molecular formula is C19H21N3O2S. The van der Waals surface area contributed by atoms with Gasteiger partial charge in [-0.05, 0) is 54.0 Å². The van der Waals surface area contributed by atoms with Crippen molar-refractivity contribution in [2.45, 2.75) is 19.5 Å². The summed E-state index contributed by atoms with van der Waals surface area (Å²) in [6, 6.07) is 7.78. The van der Waals surface area contributed by atoms with E-state index in [1.165, 1.54) is 16.7 Å². The number of carboxylic acid groups (broad SMARTS) is 1. The largest absolute Gasteiger partial charge is 0.480 e. The van der Waals surface area contributed by atoms with Crippen LogP contribution in [0.2, 0.25) is 0 Å². The van der Waals surface area contributed by atoms with Crippen molar-refractivity contribution in [1.82, 2.24) is 14.7 Å². The fraction of sp³-hybridized carbons (Fsp3) is 0.263. The lowest BCUT2D eigenvalue weighted by molar-refractivity contribution is -0.142. The third-order valence-corrected chi connectivity index (χ3v) is 5.15. The zero-order chi connectivity index (χ0) is 18.0. The number of aryl methyl sites for hydroxylation is 1. The number of nitrogens with zero attached hydrogens (tertiary/aromatic N) is 3. The van der Waals surface area contributed by atoms with Gasteiger partial charge >= 0.3 is 5.97 Å². The molecule has 25 heavy (non-hydrogen) atoms. The van der Waals surface area contributed by atoms with Crippen LogP contribution in [-0.2, 0) is 11.3 Å². The number of aliphatic carboxylic acids is 1. The SMILES string of the molecule is Cc1cscc1-c1ccc(-c2cnn(CC(C(=O)O)N(C)C)c2)cc1. The Kier molecular flexibility index (Phi) is 5.01. The van der Waals surface area contributed by atoms with Gasteiger partial charge in [-0.25, -0.2) is 0 Å². The summed E-state index contributed by atoms with van der Waals surface area (Å²) < 4.78 is 1.69. The highest BCUT2D eigenvalue weighted by atomic mass is 32.1. The van der Waals surface area contributed by atoms with E-state index in [0.29, 0.717) is 6.54 Å². The summed E-state index contributed by atoms with van der Waals surface area (Å²) in [5.74, 6) is -0.850. The standard InChI is InChI=1S/C19H21N3O2S/c1-13-11-25-12-17(13)15-6-4-14(5-7-15)16-8-20-22(9-16)10-18(19(23)24)21(2)3/h4-9,11-12,18H,10H2,1-3H3,(H,23,24). The highest BCUT2D eigenvalue weighted by Crippen LogP contribution is 2.29. The van der Waals surface area contributed by atoms with Crippen molar-refractivity contribution in [1.29, 1.82) is 0 Å². The van der Waals surface area contributed by atoms with Gasteiger partial charge in [0.05, 0.1) is 12.7 Å². The van der Waals surface area contributed by atoms with Crippen LogP contribution in [0.3, 0.4) is 0 Å². The molecule has 0 spiro atoms. The van der Waals surface area contributed by atoms with Crippen molar-refractivity contribution < 1.29 is 9.90 Å². The molecule has 1 aromatic carbocycles. The van der Waals surface area contributed by atoms with Crippen molar-refractivity contribution in [3.8, 4) is 22.3 Å². The minimum absolute atomic E-state index is 0.314. The number of likely N-dealkylation sites (N-methyl/N-ethyl adjacent to an activating group) is 1. The maximum Gasteiger partial charge on any atom is 0.322 e. The summed E-state index contributed by atoms with van der Waals surface area (Å²) in [5.41, 5.74) is 5.81. The van der Waals surface area contributed by atoms with Crippen molar-refractivity contribution in [2.24, 2.45) is 0 Å². The molecule has 0 saturated carbocycles. The van der Waals surface area contributed by atoms with Crippen LogP contribution >= 0.6 is 11.3 Å². The van der Waals surface area contributed by atoms with Gasteiger partial charge in [0.15, 0.2) is 0 Å². The third-order valence-electron chi connectivity index (χ3n) is 4.29. The average Bonchev–Trinajstić information content (AvgIpc) is 3.21. The molecule has 6 heteroatoms. The summed E-state index contributed by atoms with van der Waals surface area (Å²) in [5, 5.41) is 17.9. The second-order valence-corrected chi connectivity index (χ2v) is 7.06. The van der Waals surface area contributed by atoms with Crippen molar-refractivity contribution >= 4 is 17.3 Å². The molecule has 3 rings (SSSR count). The maximum absolute atomic E-state index is 11.3. The Balaban J connectivity index is 1.78. The van der Waals surface area contributed by atoms with Crippen molar-refractivity contribution in [3.05, 3.63) is 53.0 Å². The van der Waals surface area contributed by atoms with Crippen LogP contribution in [-0.4, -0.2) is 45.9 Å². The summed E-state index contributed by atoms with van der Waals surface area (Å²) in [6.07, 6.45) is 3.67. The molecule has 0 amide bonds. The van der Waals surface area contributed by atoms with Crippen molar-refractivity contribution in [3.63, 3.8) is 0 Å². The zero-order valence-corrected chi connectivity index (χ0v) is 15.3. The van der Waals surface area contributed by atoms with Gasteiger partial charge in [0.25, 0.3) is 0 Å². The lowest BCUT2D eigenvalue weighted by atomic mass is 10.0. The normalized spacial score (nSPS) is 12.5. The number of carboxylic acids is 1. The first-order chi connectivity index (χ1) is 12.0. The molecule has 3 aromatic rings. The Bertz CT molecular complexity index is 865. The highest BCUT2D eigenvalue weighted by Gasteiger charge is 2.20. The van der Waals surface area contributed by atoms with Gasteiger partial charge in [0, 0.05) is 11.8 Å². The number of hydrogen-bond donors (Lipinski definition) is 1. The van der Waals surface area contributed by atoms with E-state index in [2.05, 4.69) is 47.0 Å². The summed E-state index contributed by atoms with van der Waals surface area (Å²) in [6.45, 7) is 2.43. The highest BCUT2D eigenvalue weighted by molar-refractivity contribution is 7.08. The van der Waals surface area contributed by atoms with Gasteiger partial charge in [0.1, 0.15) is 6.04 Å². The van der Waals surface area contributed by atoms with E-state index in [9.17, 15) is 9.90 Å². The van der Waals surface area contributed by atoms with E-state index in [-0.39, 0.29) is 0 Å². The van der Waals surface area contributed by atoms with Crippen LogP contribution in [0.5, 0.6) is 0 Å². The lowest BCUT2D eigenvalue weighted by Crippen LogP contribution is -2.39. The van der Waals surface area contributed by atoms with Gasteiger partial charge < -0.3 is 5.11 Å². The van der Waals surface area contributed by atoms with E-state index in [1.54, 1.807) is 41.2 Å². The number of benzene rings is 1. The second kappa shape index (κ2) is 7.21. The molecule has 0 aliphatic rings. The predicted octanol–water partition coefficient (Wildman–Crippen LogP) is 3.60. The van der Waals surface area contributed by atoms with E-state index < -0.39 is 12.0 Å². The average molecular weight is 355 g/mol. The van der Waals surface area contributed by atoms with Crippen LogP contribution < -0.4 is 0 Å². The Morgan fingerprint density at radius 2 is 1.88 bits per heavy atom. The molecule has 1 atom stereocenters. The molecule has 1 unspecified atom stereocenters. The van der Waals surface area contributed by atoms with Crippen LogP contribution in [0.4, 0.5) is 0 Å².